The number of hydrogen-bond acceptors (Lipinski definition) is 4. The average molecular weight is 298 g/mol. The molecule has 3 rings (SSSR count). The number of hydrogen-bond donors (Lipinski definition) is 0. The molecule has 1 aromatic rings. The number of aromatic nitrogens is 1. The van der Waals surface area contributed by atoms with Gasteiger partial charge in [0.25, 0.3) is 0 Å². The summed E-state index contributed by atoms with van der Waals surface area (Å²) in [6.07, 6.45) is 5.76. The molecule has 0 saturated carbocycles. The van der Waals surface area contributed by atoms with Crippen LogP contribution in [0.15, 0.2) is 18.3 Å². The van der Waals surface area contributed by atoms with Gasteiger partial charge in [-0.05, 0) is 25.0 Å². The van der Waals surface area contributed by atoms with Crippen LogP contribution in [-0.4, -0.2) is 36.5 Å². The maximum absolute atomic E-state index is 6.06. The quantitative estimate of drug-likeness (QED) is 0.804. The molecule has 5 heteroatoms. The number of ether oxygens (including phenoxy) is 3. The zero-order valence-electron chi connectivity index (χ0n) is 11.5. The van der Waals surface area contributed by atoms with Crippen molar-refractivity contribution in [3.8, 4) is 5.75 Å². The van der Waals surface area contributed by atoms with Gasteiger partial charge in [0, 0.05) is 26.1 Å². The van der Waals surface area contributed by atoms with Crippen molar-refractivity contribution in [3.05, 3.63) is 24.0 Å². The molecule has 2 saturated heterocycles. The van der Waals surface area contributed by atoms with Gasteiger partial charge < -0.3 is 14.2 Å². The molecule has 20 heavy (non-hydrogen) atoms. The van der Waals surface area contributed by atoms with Crippen molar-refractivity contribution in [3.63, 3.8) is 0 Å². The van der Waals surface area contributed by atoms with Crippen molar-refractivity contribution in [2.75, 3.05) is 19.8 Å². The van der Waals surface area contributed by atoms with Crippen molar-refractivity contribution in [1.82, 2.24) is 4.98 Å². The van der Waals surface area contributed by atoms with Crippen LogP contribution in [0.2, 0.25) is 0 Å². The zero-order valence-corrected chi connectivity index (χ0v) is 12.3. The Balaban J connectivity index is 1.61. The summed E-state index contributed by atoms with van der Waals surface area (Å²) < 4.78 is 17.5. The molecule has 1 unspecified atom stereocenters. The minimum atomic E-state index is -0.0370. The molecule has 2 aliphatic rings. The second-order valence-electron chi connectivity index (χ2n) is 5.50. The third-order valence-electron chi connectivity index (χ3n) is 4.09. The molecule has 1 atom stereocenters. The van der Waals surface area contributed by atoms with Crippen LogP contribution in [0.4, 0.5) is 0 Å². The fraction of sp³-hybridized carbons (Fsp3) is 0.667. The van der Waals surface area contributed by atoms with Crippen LogP contribution >= 0.6 is 11.6 Å². The molecule has 0 aliphatic carbocycles. The lowest BCUT2D eigenvalue weighted by Gasteiger charge is -2.43. The molecule has 2 fully saturated rings. The molecule has 110 valence electrons. The lowest BCUT2D eigenvalue weighted by atomic mass is 9.85. The van der Waals surface area contributed by atoms with Crippen LogP contribution in [0.25, 0.3) is 0 Å². The molecular formula is C15H20ClNO3. The zero-order chi connectivity index (χ0) is 13.8. The van der Waals surface area contributed by atoms with Gasteiger partial charge in [-0.3, -0.25) is 4.98 Å². The molecule has 0 aromatic carbocycles. The minimum Gasteiger partial charge on any atom is -0.489 e. The molecular weight excluding hydrogens is 278 g/mol. The number of halogens is 1. The number of pyridine rings is 1. The third kappa shape index (κ3) is 3.25. The maximum Gasteiger partial charge on any atom is 0.138 e. The van der Waals surface area contributed by atoms with Crippen LogP contribution in [0, 0.1) is 0 Å². The van der Waals surface area contributed by atoms with Crippen molar-refractivity contribution < 1.29 is 14.2 Å². The predicted octanol–water partition coefficient (Wildman–Crippen LogP) is 2.93. The average Bonchev–Trinajstić information content (AvgIpc) is 2.49. The molecule has 3 heterocycles. The monoisotopic (exact) mass is 297 g/mol. The van der Waals surface area contributed by atoms with Crippen LogP contribution in [0.1, 0.15) is 31.4 Å². The Hall–Kier alpha value is -0.840. The van der Waals surface area contributed by atoms with Crippen LogP contribution in [0.3, 0.4) is 0 Å². The standard InChI is InChI=1S/C15H20ClNO3/c16-10-12-1-2-14(11-17-12)20-13-3-6-19-15(9-13)4-7-18-8-5-15/h1-2,11,13H,3-10H2. The Bertz CT molecular complexity index is 426. The Morgan fingerprint density at radius 1 is 1.30 bits per heavy atom. The fourth-order valence-corrected chi connectivity index (χ4v) is 3.09. The molecule has 0 amide bonds. The molecule has 4 nitrogen and oxygen atoms in total. The summed E-state index contributed by atoms with van der Waals surface area (Å²) in [5.41, 5.74) is 0.830. The summed E-state index contributed by atoms with van der Waals surface area (Å²) in [7, 11) is 0. The molecule has 2 aliphatic heterocycles. The highest BCUT2D eigenvalue weighted by atomic mass is 35.5. The van der Waals surface area contributed by atoms with Gasteiger partial charge in [-0.1, -0.05) is 0 Å². The lowest BCUT2D eigenvalue weighted by Crippen LogP contribution is -2.47. The predicted molar refractivity (Wildman–Crippen MR) is 76.2 cm³/mol. The van der Waals surface area contributed by atoms with E-state index < -0.39 is 0 Å². The largest absolute Gasteiger partial charge is 0.489 e. The van der Waals surface area contributed by atoms with E-state index in [0.29, 0.717) is 5.88 Å². The van der Waals surface area contributed by atoms with Crippen molar-refractivity contribution >= 4 is 11.6 Å². The van der Waals surface area contributed by atoms with E-state index in [4.69, 9.17) is 25.8 Å². The van der Waals surface area contributed by atoms with Gasteiger partial charge >= 0.3 is 0 Å². The van der Waals surface area contributed by atoms with E-state index in [-0.39, 0.29) is 11.7 Å². The Labute approximate surface area is 124 Å². The summed E-state index contributed by atoms with van der Waals surface area (Å²) in [6, 6.07) is 3.85. The van der Waals surface area contributed by atoms with Crippen molar-refractivity contribution in [1.29, 1.82) is 0 Å². The summed E-state index contributed by atoms with van der Waals surface area (Å²) in [5.74, 6) is 1.24. The summed E-state index contributed by atoms with van der Waals surface area (Å²) >= 11 is 5.74. The first-order valence-corrected chi connectivity index (χ1v) is 7.72. The number of rotatable bonds is 3. The van der Waals surface area contributed by atoms with E-state index in [2.05, 4.69) is 4.98 Å². The van der Waals surface area contributed by atoms with Crippen LogP contribution in [0.5, 0.6) is 5.75 Å². The highest BCUT2D eigenvalue weighted by molar-refractivity contribution is 6.16. The second-order valence-corrected chi connectivity index (χ2v) is 5.76. The summed E-state index contributed by atoms with van der Waals surface area (Å²) in [4.78, 5) is 4.26. The van der Waals surface area contributed by atoms with Gasteiger partial charge in [0.1, 0.15) is 11.9 Å². The van der Waals surface area contributed by atoms with Gasteiger partial charge in [0.15, 0.2) is 0 Å². The molecule has 1 spiro atoms. The van der Waals surface area contributed by atoms with Gasteiger partial charge in [-0.15, -0.1) is 11.6 Å². The normalized spacial score (nSPS) is 25.6. The SMILES string of the molecule is ClCc1ccc(OC2CCOC3(CCOCC3)C2)cn1. The Morgan fingerprint density at radius 2 is 2.15 bits per heavy atom. The van der Waals surface area contributed by atoms with E-state index in [1.54, 1.807) is 6.20 Å². The molecule has 0 bridgehead atoms. The fourth-order valence-electron chi connectivity index (χ4n) is 2.93. The summed E-state index contributed by atoms with van der Waals surface area (Å²) in [6.45, 7) is 2.34. The third-order valence-corrected chi connectivity index (χ3v) is 4.36. The number of nitrogens with zero attached hydrogens (tertiary/aromatic N) is 1. The smallest absolute Gasteiger partial charge is 0.138 e. The van der Waals surface area contributed by atoms with Gasteiger partial charge in [-0.25, -0.2) is 0 Å². The van der Waals surface area contributed by atoms with Gasteiger partial charge in [0.2, 0.25) is 0 Å². The molecule has 1 aromatic heterocycles. The van der Waals surface area contributed by atoms with E-state index in [0.717, 1.165) is 56.9 Å². The lowest BCUT2D eigenvalue weighted by molar-refractivity contribution is -0.155. The first-order chi connectivity index (χ1) is 9.80. The Kier molecular flexibility index (Phi) is 4.44. The van der Waals surface area contributed by atoms with Crippen LogP contribution < -0.4 is 4.74 Å². The van der Waals surface area contributed by atoms with E-state index in [1.807, 2.05) is 12.1 Å². The van der Waals surface area contributed by atoms with E-state index in [1.165, 1.54) is 0 Å². The minimum absolute atomic E-state index is 0.0370. The summed E-state index contributed by atoms with van der Waals surface area (Å²) in [5, 5.41) is 0. The van der Waals surface area contributed by atoms with Crippen molar-refractivity contribution in [2.24, 2.45) is 0 Å². The maximum atomic E-state index is 6.06. The second kappa shape index (κ2) is 6.29. The highest BCUT2D eigenvalue weighted by Gasteiger charge is 2.39. The van der Waals surface area contributed by atoms with Gasteiger partial charge in [0.05, 0.1) is 30.0 Å². The molecule has 0 radical (unpaired) electrons. The molecule has 0 N–H and O–H groups in total. The van der Waals surface area contributed by atoms with Crippen molar-refractivity contribution in [2.45, 2.75) is 43.3 Å². The van der Waals surface area contributed by atoms with Gasteiger partial charge in [-0.2, -0.15) is 0 Å². The first kappa shape index (κ1) is 14.1. The highest BCUT2D eigenvalue weighted by Crippen LogP contribution is 2.35. The van der Waals surface area contributed by atoms with E-state index >= 15 is 0 Å². The topological polar surface area (TPSA) is 40.6 Å². The Morgan fingerprint density at radius 3 is 2.85 bits per heavy atom. The number of alkyl halides is 1. The van der Waals surface area contributed by atoms with Crippen LogP contribution in [-0.2, 0) is 15.4 Å². The first-order valence-electron chi connectivity index (χ1n) is 7.19. The van der Waals surface area contributed by atoms with E-state index in [9.17, 15) is 0 Å².